The molecule has 2 aliphatic heterocycles. The summed E-state index contributed by atoms with van der Waals surface area (Å²) in [5.74, 6) is -0.178. The second-order valence-electron chi connectivity index (χ2n) is 7.93. The highest BCUT2D eigenvalue weighted by Gasteiger charge is 2.22. The molecular weight excluding hydrogens is 440 g/mol. The largest absolute Gasteiger partial charge is 0.307 e. The molecule has 4 heterocycles. The second kappa shape index (κ2) is 9.11. The van der Waals surface area contributed by atoms with Crippen LogP contribution < -0.4 is 5.32 Å². The third-order valence-electron chi connectivity index (χ3n) is 5.84. The number of hydrogen-bond acceptors (Lipinski definition) is 7. The summed E-state index contributed by atoms with van der Waals surface area (Å²) in [6, 6.07) is 12.3. The van der Waals surface area contributed by atoms with Gasteiger partial charge in [-0.1, -0.05) is 43.0 Å². The van der Waals surface area contributed by atoms with Crippen molar-refractivity contribution < 1.29 is 4.79 Å². The first-order valence-electron chi connectivity index (χ1n) is 10.7. The van der Waals surface area contributed by atoms with E-state index >= 15 is 0 Å². The van der Waals surface area contributed by atoms with E-state index in [-0.39, 0.29) is 5.91 Å². The molecule has 9 heteroatoms. The van der Waals surface area contributed by atoms with Gasteiger partial charge in [0, 0.05) is 38.4 Å². The maximum Gasteiger partial charge on any atom is 0.263 e. The quantitative estimate of drug-likeness (QED) is 0.460. The van der Waals surface area contributed by atoms with E-state index in [1.165, 1.54) is 17.3 Å². The predicted molar refractivity (Wildman–Crippen MR) is 133 cm³/mol. The van der Waals surface area contributed by atoms with E-state index in [9.17, 15) is 4.79 Å². The van der Waals surface area contributed by atoms with Crippen LogP contribution in [0.2, 0.25) is 0 Å². The second-order valence-corrected chi connectivity index (χ2v) is 9.64. The first-order valence-corrected chi connectivity index (χ1v) is 11.9. The van der Waals surface area contributed by atoms with Gasteiger partial charge in [-0.15, -0.1) is 0 Å². The van der Waals surface area contributed by atoms with Gasteiger partial charge in [0.05, 0.1) is 10.6 Å². The van der Waals surface area contributed by atoms with Crippen molar-refractivity contribution in [2.45, 2.75) is 13.5 Å². The highest BCUT2D eigenvalue weighted by Crippen LogP contribution is 2.26. The Hall–Kier alpha value is -2.59. The number of amides is 1. The molecule has 0 bridgehead atoms. The fourth-order valence-electron chi connectivity index (χ4n) is 4.06. The van der Waals surface area contributed by atoms with E-state index in [1.807, 2.05) is 16.7 Å². The van der Waals surface area contributed by atoms with Crippen LogP contribution in [0, 0.1) is 0 Å². The summed E-state index contributed by atoms with van der Waals surface area (Å²) in [6.07, 6.45) is 3.57. The Morgan fingerprint density at radius 3 is 2.72 bits per heavy atom. The Kier molecular flexibility index (Phi) is 6.05. The number of imidazole rings is 1. The van der Waals surface area contributed by atoms with Gasteiger partial charge in [-0.05, 0) is 42.4 Å². The standard InChI is InChI=1S/C23H24N6OS2/c1-2-27-8-10-28(11-9-27)14-16-4-3-5-18(12-16)29-15-24-19-7-6-17(25-21(19)29)13-20-22(30)26-23(31)32-20/h3-7,12-13,15H,2,8-11,14H2,1H3,(H,26,30,31). The average Bonchev–Trinajstić information content (AvgIpc) is 3.36. The molecule has 2 aromatic heterocycles. The van der Waals surface area contributed by atoms with Gasteiger partial charge in [-0.25, -0.2) is 9.97 Å². The molecule has 7 nitrogen and oxygen atoms in total. The minimum Gasteiger partial charge on any atom is -0.307 e. The zero-order chi connectivity index (χ0) is 22.1. The summed E-state index contributed by atoms with van der Waals surface area (Å²) in [5.41, 5.74) is 4.58. The lowest BCUT2D eigenvalue weighted by Crippen LogP contribution is -2.45. The van der Waals surface area contributed by atoms with Crippen LogP contribution >= 0.6 is 24.0 Å². The number of likely N-dealkylation sites (N-methyl/N-ethyl adjacent to an activating group) is 1. The molecule has 164 valence electrons. The van der Waals surface area contributed by atoms with E-state index in [4.69, 9.17) is 17.2 Å². The third kappa shape index (κ3) is 4.47. The molecule has 0 atom stereocenters. The smallest absolute Gasteiger partial charge is 0.263 e. The van der Waals surface area contributed by atoms with Gasteiger partial charge >= 0.3 is 0 Å². The maximum atomic E-state index is 12.0. The molecule has 32 heavy (non-hydrogen) atoms. The van der Waals surface area contributed by atoms with Gasteiger partial charge in [0.25, 0.3) is 5.91 Å². The molecule has 0 aliphatic carbocycles. The fraction of sp³-hybridized carbons (Fsp3) is 0.304. The molecule has 1 aromatic carbocycles. The Bertz CT molecular complexity index is 1210. The van der Waals surface area contributed by atoms with Gasteiger partial charge in [0.15, 0.2) is 5.65 Å². The molecule has 2 aliphatic rings. The third-order valence-corrected chi connectivity index (χ3v) is 7.01. The van der Waals surface area contributed by atoms with Crippen molar-refractivity contribution in [3.8, 4) is 5.69 Å². The highest BCUT2D eigenvalue weighted by molar-refractivity contribution is 8.26. The first-order chi connectivity index (χ1) is 15.6. The van der Waals surface area contributed by atoms with Crippen molar-refractivity contribution in [1.82, 2.24) is 29.7 Å². The molecule has 2 fully saturated rings. The molecule has 1 N–H and O–H groups in total. The van der Waals surface area contributed by atoms with E-state index in [0.29, 0.717) is 14.9 Å². The van der Waals surface area contributed by atoms with Gasteiger partial charge in [0.1, 0.15) is 16.2 Å². The van der Waals surface area contributed by atoms with Crippen molar-refractivity contribution in [2.75, 3.05) is 32.7 Å². The lowest BCUT2D eigenvalue weighted by Gasteiger charge is -2.34. The van der Waals surface area contributed by atoms with Gasteiger partial charge in [-0.3, -0.25) is 14.3 Å². The number of fused-ring (bicyclic) bond motifs is 1. The number of rotatable bonds is 5. The molecule has 1 amide bonds. The Morgan fingerprint density at radius 2 is 1.97 bits per heavy atom. The summed E-state index contributed by atoms with van der Waals surface area (Å²) in [6.45, 7) is 8.74. The molecule has 5 rings (SSSR count). The number of nitrogens with one attached hydrogen (secondary N) is 1. The molecule has 2 saturated heterocycles. The number of pyridine rings is 1. The van der Waals surface area contributed by atoms with Crippen LogP contribution in [0.1, 0.15) is 18.2 Å². The minimum absolute atomic E-state index is 0.178. The molecule has 3 aromatic rings. The van der Waals surface area contributed by atoms with E-state index in [1.54, 1.807) is 12.4 Å². The summed E-state index contributed by atoms with van der Waals surface area (Å²) in [7, 11) is 0. The monoisotopic (exact) mass is 464 g/mol. The van der Waals surface area contributed by atoms with Crippen LogP contribution in [0.5, 0.6) is 0 Å². The Labute approximate surface area is 196 Å². The number of carbonyl (C=O) groups excluding carboxylic acids is 1. The van der Waals surface area contributed by atoms with Crippen LogP contribution in [-0.2, 0) is 11.3 Å². The van der Waals surface area contributed by atoms with Crippen molar-refractivity contribution >= 4 is 51.4 Å². The van der Waals surface area contributed by atoms with Crippen LogP contribution in [0.25, 0.3) is 22.9 Å². The molecule has 0 unspecified atom stereocenters. The molecular formula is C23H24N6OS2. The number of aromatic nitrogens is 3. The Balaban J connectivity index is 1.40. The number of thiocarbonyl (C=S) groups is 1. The SMILES string of the molecule is CCN1CCN(Cc2cccc(-n3cnc4ccc(C=C5SC(=S)NC5=O)nc43)c2)CC1. The lowest BCUT2D eigenvalue weighted by atomic mass is 10.1. The summed E-state index contributed by atoms with van der Waals surface area (Å²) in [4.78, 5) is 26.8. The number of benzene rings is 1. The predicted octanol–water partition coefficient (Wildman–Crippen LogP) is 3.05. The van der Waals surface area contributed by atoms with Gasteiger partial charge in [-0.2, -0.15) is 0 Å². The van der Waals surface area contributed by atoms with Crippen LogP contribution in [-0.4, -0.2) is 67.3 Å². The first kappa shape index (κ1) is 21.3. The van der Waals surface area contributed by atoms with Crippen LogP contribution in [0.3, 0.4) is 0 Å². The van der Waals surface area contributed by atoms with Crippen molar-refractivity contribution in [1.29, 1.82) is 0 Å². The number of nitrogens with zero attached hydrogens (tertiary/aromatic N) is 5. The number of piperazine rings is 1. The normalized spacial score (nSPS) is 19.2. The van der Waals surface area contributed by atoms with Gasteiger partial charge < -0.3 is 10.2 Å². The number of hydrogen-bond donors (Lipinski definition) is 1. The van der Waals surface area contributed by atoms with Crippen molar-refractivity contribution in [2.24, 2.45) is 0 Å². The summed E-state index contributed by atoms with van der Waals surface area (Å²) in [5, 5.41) is 2.64. The molecule has 0 spiro atoms. The molecule has 0 saturated carbocycles. The van der Waals surface area contributed by atoms with Gasteiger partial charge in [0.2, 0.25) is 0 Å². The van der Waals surface area contributed by atoms with Crippen molar-refractivity contribution in [3.63, 3.8) is 0 Å². The van der Waals surface area contributed by atoms with E-state index in [2.05, 4.69) is 51.3 Å². The lowest BCUT2D eigenvalue weighted by molar-refractivity contribution is -0.115. The summed E-state index contributed by atoms with van der Waals surface area (Å²) < 4.78 is 2.47. The Morgan fingerprint density at radius 1 is 1.16 bits per heavy atom. The number of carbonyl (C=O) groups is 1. The van der Waals surface area contributed by atoms with E-state index in [0.717, 1.165) is 56.1 Å². The maximum absolute atomic E-state index is 12.0. The fourth-order valence-corrected chi connectivity index (χ4v) is 5.09. The number of thioether (sulfide) groups is 1. The summed E-state index contributed by atoms with van der Waals surface area (Å²) >= 11 is 6.33. The zero-order valence-electron chi connectivity index (χ0n) is 17.8. The van der Waals surface area contributed by atoms with Crippen LogP contribution in [0.15, 0.2) is 47.6 Å². The highest BCUT2D eigenvalue weighted by atomic mass is 32.2. The van der Waals surface area contributed by atoms with Crippen molar-refractivity contribution in [3.05, 3.63) is 58.9 Å². The topological polar surface area (TPSA) is 66.3 Å². The molecule has 0 radical (unpaired) electrons. The van der Waals surface area contributed by atoms with Crippen LogP contribution in [0.4, 0.5) is 0 Å². The minimum atomic E-state index is -0.178. The average molecular weight is 465 g/mol. The van der Waals surface area contributed by atoms with E-state index < -0.39 is 0 Å². The zero-order valence-corrected chi connectivity index (χ0v) is 19.5.